The number of nitrogens with zero attached hydrogens (tertiary/aromatic N) is 2. The van der Waals surface area contributed by atoms with Gasteiger partial charge in [0.2, 0.25) is 0 Å². The van der Waals surface area contributed by atoms with Crippen molar-refractivity contribution in [1.82, 2.24) is 10.2 Å². The Kier molecular flexibility index (Phi) is 5.86. The molecule has 1 aliphatic rings. The molecule has 1 aromatic rings. The lowest BCUT2D eigenvalue weighted by atomic mass is 10.1. The zero-order chi connectivity index (χ0) is 18.4. The predicted octanol–water partition coefficient (Wildman–Crippen LogP) is 3.08. The molecule has 1 saturated heterocycles. The standard InChI is InChI=1S/C18H24N4O3/c1-18(2,3)25-17(24)22-9-7-14(8-10-22)20-16(23)21-15-6-4-5-13(11-15)12-19/h4-6,11,14H,7-10H2,1-3H3,(H2,20,21,23). The van der Waals surface area contributed by atoms with Crippen molar-refractivity contribution in [2.75, 3.05) is 18.4 Å². The van der Waals surface area contributed by atoms with Crippen LogP contribution in [-0.2, 0) is 4.74 Å². The van der Waals surface area contributed by atoms with Gasteiger partial charge in [-0.15, -0.1) is 0 Å². The summed E-state index contributed by atoms with van der Waals surface area (Å²) in [6.45, 7) is 6.61. The molecule has 25 heavy (non-hydrogen) atoms. The maximum Gasteiger partial charge on any atom is 0.410 e. The predicted molar refractivity (Wildman–Crippen MR) is 94.1 cm³/mol. The summed E-state index contributed by atoms with van der Waals surface area (Å²) in [6, 6.07) is 8.45. The van der Waals surface area contributed by atoms with Gasteiger partial charge in [-0.3, -0.25) is 0 Å². The van der Waals surface area contributed by atoms with E-state index in [1.165, 1.54) is 0 Å². The molecule has 0 atom stereocenters. The molecule has 3 amide bonds. The fraction of sp³-hybridized carbons (Fsp3) is 0.500. The smallest absolute Gasteiger partial charge is 0.410 e. The van der Waals surface area contributed by atoms with Crippen molar-refractivity contribution >= 4 is 17.8 Å². The zero-order valence-electron chi connectivity index (χ0n) is 14.8. The van der Waals surface area contributed by atoms with E-state index in [-0.39, 0.29) is 18.2 Å². The number of amides is 3. The quantitative estimate of drug-likeness (QED) is 0.862. The minimum absolute atomic E-state index is 0.00200. The Hall–Kier alpha value is -2.75. The van der Waals surface area contributed by atoms with Gasteiger partial charge in [-0.2, -0.15) is 5.26 Å². The fourth-order valence-corrected chi connectivity index (χ4v) is 2.55. The Labute approximate surface area is 147 Å². The molecule has 0 radical (unpaired) electrons. The molecule has 2 rings (SSSR count). The maximum atomic E-state index is 12.1. The minimum Gasteiger partial charge on any atom is -0.444 e. The third-order valence-electron chi connectivity index (χ3n) is 3.73. The second-order valence-electron chi connectivity index (χ2n) is 7.03. The Bertz CT molecular complexity index is 668. The van der Waals surface area contributed by atoms with E-state index < -0.39 is 5.60 Å². The van der Waals surface area contributed by atoms with Gasteiger partial charge in [-0.05, 0) is 51.8 Å². The topological polar surface area (TPSA) is 94.5 Å². The van der Waals surface area contributed by atoms with Crippen molar-refractivity contribution in [3.63, 3.8) is 0 Å². The molecule has 1 aromatic carbocycles. The molecule has 0 aliphatic carbocycles. The molecule has 0 bridgehead atoms. The maximum absolute atomic E-state index is 12.1. The normalized spacial score (nSPS) is 15.2. The van der Waals surface area contributed by atoms with Crippen molar-refractivity contribution in [1.29, 1.82) is 5.26 Å². The Morgan fingerprint density at radius 3 is 2.56 bits per heavy atom. The zero-order valence-corrected chi connectivity index (χ0v) is 14.8. The highest BCUT2D eigenvalue weighted by Crippen LogP contribution is 2.16. The van der Waals surface area contributed by atoms with E-state index in [1.54, 1.807) is 29.2 Å². The average molecular weight is 344 g/mol. The first-order chi connectivity index (χ1) is 11.8. The van der Waals surface area contributed by atoms with Crippen LogP contribution in [0, 0.1) is 11.3 Å². The highest BCUT2D eigenvalue weighted by Gasteiger charge is 2.27. The van der Waals surface area contributed by atoms with Gasteiger partial charge in [0.25, 0.3) is 0 Å². The summed E-state index contributed by atoms with van der Waals surface area (Å²) in [7, 11) is 0. The van der Waals surface area contributed by atoms with Crippen molar-refractivity contribution in [3.05, 3.63) is 29.8 Å². The van der Waals surface area contributed by atoms with Crippen LogP contribution in [0.15, 0.2) is 24.3 Å². The lowest BCUT2D eigenvalue weighted by molar-refractivity contribution is 0.0202. The number of carbonyl (C=O) groups excluding carboxylic acids is 2. The van der Waals surface area contributed by atoms with Crippen LogP contribution in [0.5, 0.6) is 0 Å². The van der Waals surface area contributed by atoms with Gasteiger partial charge in [0.05, 0.1) is 11.6 Å². The SMILES string of the molecule is CC(C)(C)OC(=O)N1CCC(NC(=O)Nc2cccc(C#N)c2)CC1. The summed E-state index contributed by atoms with van der Waals surface area (Å²) < 4.78 is 5.36. The summed E-state index contributed by atoms with van der Waals surface area (Å²) in [5.41, 5.74) is 0.551. The first-order valence-electron chi connectivity index (χ1n) is 8.32. The molecule has 7 heteroatoms. The molecule has 1 heterocycles. The molecular formula is C18H24N4O3. The second kappa shape index (κ2) is 7.88. The second-order valence-corrected chi connectivity index (χ2v) is 7.03. The number of anilines is 1. The van der Waals surface area contributed by atoms with Crippen LogP contribution in [0.2, 0.25) is 0 Å². The first-order valence-corrected chi connectivity index (χ1v) is 8.32. The van der Waals surface area contributed by atoms with E-state index in [9.17, 15) is 9.59 Å². The van der Waals surface area contributed by atoms with E-state index >= 15 is 0 Å². The molecule has 0 spiro atoms. The molecular weight excluding hydrogens is 320 g/mol. The molecule has 134 valence electrons. The number of likely N-dealkylation sites (tertiary alicyclic amines) is 1. The van der Waals surface area contributed by atoms with Crippen molar-refractivity contribution < 1.29 is 14.3 Å². The van der Waals surface area contributed by atoms with Crippen LogP contribution in [0.4, 0.5) is 15.3 Å². The van der Waals surface area contributed by atoms with Crippen LogP contribution in [0.25, 0.3) is 0 Å². The number of nitrogens with one attached hydrogen (secondary N) is 2. The highest BCUT2D eigenvalue weighted by atomic mass is 16.6. The molecule has 0 aromatic heterocycles. The molecule has 1 aliphatic heterocycles. The van der Waals surface area contributed by atoms with E-state index in [2.05, 4.69) is 10.6 Å². The van der Waals surface area contributed by atoms with E-state index in [0.29, 0.717) is 37.2 Å². The molecule has 0 unspecified atom stereocenters. The fourth-order valence-electron chi connectivity index (χ4n) is 2.55. The van der Waals surface area contributed by atoms with Gasteiger partial charge in [0.15, 0.2) is 0 Å². The number of piperidine rings is 1. The summed E-state index contributed by atoms with van der Waals surface area (Å²) in [5, 5.41) is 14.5. The number of nitriles is 1. The van der Waals surface area contributed by atoms with Crippen molar-refractivity contribution in [3.8, 4) is 6.07 Å². The van der Waals surface area contributed by atoms with Gasteiger partial charge in [0.1, 0.15) is 5.60 Å². The summed E-state index contributed by atoms with van der Waals surface area (Å²) in [5.74, 6) is 0. The summed E-state index contributed by atoms with van der Waals surface area (Å²) >= 11 is 0. The molecule has 7 nitrogen and oxygen atoms in total. The van der Waals surface area contributed by atoms with Gasteiger partial charge >= 0.3 is 12.1 Å². The highest BCUT2D eigenvalue weighted by molar-refractivity contribution is 5.89. The van der Waals surface area contributed by atoms with Crippen LogP contribution in [0.1, 0.15) is 39.2 Å². The van der Waals surface area contributed by atoms with E-state index in [4.69, 9.17) is 10.00 Å². The summed E-state index contributed by atoms with van der Waals surface area (Å²) in [6.07, 6.45) is 1.03. The molecule has 2 N–H and O–H groups in total. The largest absolute Gasteiger partial charge is 0.444 e. The van der Waals surface area contributed by atoms with Crippen LogP contribution >= 0.6 is 0 Å². The number of hydrogen-bond acceptors (Lipinski definition) is 4. The Balaban J connectivity index is 1.78. The third kappa shape index (κ3) is 5.99. The number of urea groups is 1. The molecule has 1 fully saturated rings. The monoisotopic (exact) mass is 344 g/mol. The van der Waals surface area contributed by atoms with E-state index in [1.807, 2.05) is 26.8 Å². The van der Waals surface area contributed by atoms with Crippen LogP contribution in [0.3, 0.4) is 0 Å². The van der Waals surface area contributed by atoms with Gasteiger partial charge in [-0.1, -0.05) is 6.07 Å². The van der Waals surface area contributed by atoms with Crippen molar-refractivity contribution in [2.45, 2.75) is 45.3 Å². The van der Waals surface area contributed by atoms with Crippen LogP contribution < -0.4 is 10.6 Å². The Morgan fingerprint density at radius 1 is 1.28 bits per heavy atom. The Morgan fingerprint density at radius 2 is 1.96 bits per heavy atom. The first kappa shape index (κ1) is 18.6. The van der Waals surface area contributed by atoms with Gasteiger partial charge in [-0.25, -0.2) is 9.59 Å². The lowest BCUT2D eigenvalue weighted by Gasteiger charge is -2.33. The average Bonchev–Trinajstić information content (AvgIpc) is 2.54. The number of ether oxygens (including phenoxy) is 1. The lowest BCUT2D eigenvalue weighted by Crippen LogP contribution is -2.48. The van der Waals surface area contributed by atoms with Gasteiger partial charge < -0.3 is 20.3 Å². The van der Waals surface area contributed by atoms with Crippen molar-refractivity contribution in [2.24, 2.45) is 0 Å². The summed E-state index contributed by atoms with van der Waals surface area (Å²) in [4.78, 5) is 25.8. The third-order valence-corrected chi connectivity index (χ3v) is 3.73. The van der Waals surface area contributed by atoms with Crippen LogP contribution in [-0.4, -0.2) is 41.8 Å². The minimum atomic E-state index is -0.510. The number of hydrogen-bond donors (Lipinski definition) is 2. The van der Waals surface area contributed by atoms with E-state index in [0.717, 1.165) is 0 Å². The van der Waals surface area contributed by atoms with Gasteiger partial charge in [0, 0.05) is 24.8 Å². The number of carbonyl (C=O) groups is 2. The molecule has 0 saturated carbocycles. The number of rotatable bonds is 2. The number of benzene rings is 1.